The van der Waals surface area contributed by atoms with Crippen molar-refractivity contribution in [2.75, 3.05) is 6.61 Å². The van der Waals surface area contributed by atoms with Crippen LogP contribution in [0.5, 0.6) is 0 Å². The average molecular weight is 323 g/mol. The summed E-state index contributed by atoms with van der Waals surface area (Å²) in [5.41, 5.74) is 0.425. The van der Waals surface area contributed by atoms with E-state index in [2.05, 4.69) is 26.5 Å². The zero-order valence-corrected chi connectivity index (χ0v) is 12.8. The Balaban J connectivity index is 2.23. The molecular weight excluding hydrogens is 310 g/mol. The van der Waals surface area contributed by atoms with Crippen molar-refractivity contribution < 1.29 is 13.5 Å². The van der Waals surface area contributed by atoms with Crippen LogP contribution >= 0.6 is 11.3 Å². The van der Waals surface area contributed by atoms with E-state index < -0.39 is 16.1 Å². The summed E-state index contributed by atoms with van der Waals surface area (Å²) in [5.74, 6) is 5.07. The molecule has 110 valence electrons. The van der Waals surface area contributed by atoms with Gasteiger partial charge < -0.3 is 5.11 Å². The van der Waals surface area contributed by atoms with Crippen molar-refractivity contribution in [3.8, 4) is 11.8 Å². The standard InChI is InChI=1S/C13H13N3O3S2/c1-10(13-15-4-6-20-13)16-21(18,19)12-7-11(3-2-5-17)8-14-9-12/h4,6-10,16-17H,5H2,1H3. The number of hydrogen-bond donors (Lipinski definition) is 2. The third-order valence-corrected chi connectivity index (χ3v) is 4.95. The van der Waals surface area contributed by atoms with Crippen LogP contribution < -0.4 is 4.72 Å². The van der Waals surface area contributed by atoms with E-state index in [0.29, 0.717) is 10.6 Å². The number of sulfonamides is 1. The summed E-state index contributed by atoms with van der Waals surface area (Å²) >= 11 is 1.38. The third kappa shape index (κ3) is 4.09. The van der Waals surface area contributed by atoms with E-state index in [9.17, 15) is 8.42 Å². The van der Waals surface area contributed by atoms with Gasteiger partial charge in [0.1, 0.15) is 16.5 Å². The predicted molar refractivity (Wildman–Crippen MR) is 79.1 cm³/mol. The molecule has 0 aliphatic carbocycles. The molecule has 1 atom stereocenters. The molecule has 0 fully saturated rings. The van der Waals surface area contributed by atoms with Crippen molar-refractivity contribution in [1.82, 2.24) is 14.7 Å². The molecule has 6 nitrogen and oxygen atoms in total. The highest BCUT2D eigenvalue weighted by atomic mass is 32.2. The Kier molecular flexibility index (Phi) is 5.03. The molecule has 2 aromatic heterocycles. The number of aliphatic hydroxyl groups excluding tert-OH is 1. The first-order valence-electron chi connectivity index (χ1n) is 5.99. The van der Waals surface area contributed by atoms with E-state index >= 15 is 0 Å². The van der Waals surface area contributed by atoms with Crippen molar-refractivity contribution in [3.63, 3.8) is 0 Å². The molecule has 8 heteroatoms. The largest absolute Gasteiger partial charge is 0.384 e. The fourth-order valence-electron chi connectivity index (χ4n) is 1.58. The zero-order chi connectivity index (χ0) is 15.3. The van der Waals surface area contributed by atoms with Crippen molar-refractivity contribution in [2.45, 2.75) is 17.9 Å². The van der Waals surface area contributed by atoms with Gasteiger partial charge in [0.25, 0.3) is 0 Å². The Labute approximate surface area is 126 Å². The number of aliphatic hydroxyl groups is 1. The monoisotopic (exact) mass is 323 g/mol. The van der Waals surface area contributed by atoms with E-state index in [-0.39, 0.29) is 11.5 Å². The van der Waals surface area contributed by atoms with Gasteiger partial charge in [0.15, 0.2) is 0 Å². The number of rotatable bonds is 4. The summed E-state index contributed by atoms with van der Waals surface area (Å²) in [6.45, 7) is 1.43. The van der Waals surface area contributed by atoms with Gasteiger partial charge in [0.05, 0.1) is 6.04 Å². The Morgan fingerprint density at radius 2 is 2.29 bits per heavy atom. The Morgan fingerprint density at radius 1 is 1.48 bits per heavy atom. The van der Waals surface area contributed by atoms with E-state index in [1.807, 2.05) is 0 Å². The van der Waals surface area contributed by atoms with Gasteiger partial charge in [-0.05, 0) is 13.0 Å². The summed E-state index contributed by atoms with van der Waals surface area (Å²) in [7, 11) is -3.71. The van der Waals surface area contributed by atoms with Crippen LogP contribution in [0.3, 0.4) is 0 Å². The molecule has 0 spiro atoms. The lowest BCUT2D eigenvalue weighted by atomic mass is 10.3. The summed E-state index contributed by atoms with van der Waals surface area (Å²) in [4.78, 5) is 7.96. The third-order valence-electron chi connectivity index (χ3n) is 2.49. The molecule has 0 aliphatic heterocycles. The predicted octanol–water partition coefficient (Wildman–Crippen LogP) is 0.921. The molecule has 0 aromatic carbocycles. The number of nitrogens with one attached hydrogen (secondary N) is 1. The average Bonchev–Trinajstić information content (AvgIpc) is 2.99. The van der Waals surface area contributed by atoms with Gasteiger partial charge in [0.2, 0.25) is 10.0 Å². The van der Waals surface area contributed by atoms with Crippen LogP contribution in [-0.4, -0.2) is 30.1 Å². The number of nitrogens with zero attached hydrogens (tertiary/aromatic N) is 2. The highest BCUT2D eigenvalue weighted by Crippen LogP contribution is 2.18. The number of hydrogen-bond acceptors (Lipinski definition) is 6. The Bertz CT molecular complexity index is 761. The van der Waals surface area contributed by atoms with Crippen LogP contribution in [0.2, 0.25) is 0 Å². The van der Waals surface area contributed by atoms with E-state index in [0.717, 1.165) is 0 Å². The Morgan fingerprint density at radius 3 is 2.95 bits per heavy atom. The fourth-order valence-corrected chi connectivity index (χ4v) is 3.49. The second kappa shape index (κ2) is 6.78. The SMILES string of the molecule is CC(NS(=O)(=O)c1cncc(C#CCO)c1)c1nccs1. The van der Waals surface area contributed by atoms with Crippen LogP contribution in [0, 0.1) is 11.8 Å². The van der Waals surface area contributed by atoms with Crippen LogP contribution in [0.1, 0.15) is 23.5 Å². The van der Waals surface area contributed by atoms with Gasteiger partial charge in [0, 0.05) is 29.5 Å². The molecule has 2 rings (SSSR count). The molecule has 21 heavy (non-hydrogen) atoms. The molecule has 2 heterocycles. The van der Waals surface area contributed by atoms with E-state index in [4.69, 9.17) is 5.11 Å². The van der Waals surface area contributed by atoms with Gasteiger partial charge >= 0.3 is 0 Å². The lowest BCUT2D eigenvalue weighted by Gasteiger charge is -2.11. The van der Waals surface area contributed by atoms with Crippen molar-refractivity contribution in [3.05, 3.63) is 40.6 Å². The van der Waals surface area contributed by atoms with Crippen molar-refractivity contribution in [2.24, 2.45) is 0 Å². The van der Waals surface area contributed by atoms with Gasteiger partial charge in [-0.25, -0.2) is 18.1 Å². The second-order valence-corrected chi connectivity index (χ2v) is 6.72. The number of thiazole rings is 1. The molecule has 0 radical (unpaired) electrons. The maximum atomic E-state index is 12.3. The molecule has 2 aromatic rings. The van der Waals surface area contributed by atoms with Gasteiger partial charge in [-0.2, -0.15) is 0 Å². The van der Waals surface area contributed by atoms with Crippen LogP contribution in [0.4, 0.5) is 0 Å². The first kappa shape index (κ1) is 15.6. The normalized spacial score (nSPS) is 12.5. The minimum absolute atomic E-state index is 0.0237. The number of aromatic nitrogens is 2. The zero-order valence-electron chi connectivity index (χ0n) is 11.1. The van der Waals surface area contributed by atoms with E-state index in [1.54, 1.807) is 18.5 Å². The second-order valence-electron chi connectivity index (χ2n) is 4.08. The highest BCUT2D eigenvalue weighted by Gasteiger charge is 2.20. The quantitative estimate of drug-likeness (QED) is 0.816. The first-order chi connectivity index (χ1) is 10.0. The minimum atomic E-state index is -3.71. The maximum absolute atomic E-state index is 12.3. The molecule has 0 aliphatic rings. The van der Waals surface area contributed by atoms with Gasteiger partial charge in [-0.15, -0.1) is 11.3 Å². The molecule has 0 amide bonds. The van der Waals surface area contributed by atoms with Crippen LogP contribution in [0.25, 0.3) is 0 Å². The Hall–Kier alpha value is -1.79. The lowest BCUT2D eigenvalue weighted by Crippen LogP contribution is -2.27. The summed E-state index contributed by atoms with van der Waals surface area (Å²) < 4.78 is 27.1. The first-order valence-corrected chi connectivity index (χ1v) is 8.35. The summed E-state index contributed by atoms with van der Waals surface area (Å²) in [6, 6.07) is 0.981. The van der Waals surface area contributed by atoms with Crippen molar-refractivity contribution in [1.29, 1.82) is 0 Å². The summed E-state index contributed by atoms with van der Waals surface area (Å²) in [5, 5.41) is 11.1. The molecule has 2 N–H and O–H groups in total. The smallest absolute Gasteiger partial charge is 0.242 e. The molecule has 0 saturated carbocycles. The van der Waals surface area contributed by atoms with Crippen LogP contribution in [0.15, 0.2) is 34.9 Å². The lowest BCUT2D eigenvalue weighted by molar-refractivity contribution is 0.350. The maximum Gasteiger partial charge on any atom is 0.242 e. The van der Waals surface area contributed by atoms with Gasteiger partial charge in [-0.3, -0.25) is 4.98 Å². The molecule has 0 saturated heterocycles. The van der Waals surface area contributed by atoms with E-state index in [1.165, 1.54) is 29.8 Å². The van der Waals surface area contributed by atoms with Crippen molar-refractivity contribution >= 4 is 21.4 Å². The molecule has 0 bridgehead atoms. The minimum Gasteiger partial charge on any atom is -0.384 e. The van der Waals surface area contributed by atoms with Gasteiger partial charge in [-0.1, -0.05) is 11.8 Å². The molecule has 1 unspecified atom stereocenters. The fraction of sp³-hybridized carbons (Fsp3) is 0.231. The highest BCUT2D eigenvalue weighted by molar-refractivity contribution is 7.89. The topological polar surface area (TPSA) is 92.2 Å². The molecular formula is C13H13N3O3S2. The van der Waals surface area contributed by atoms with Crippen LogP contribution in [-0.2, 0) is 10.0 Å². The summed E-state index contributed by atoms with van der Waals surface area (Å²) in [6.07, 6.45) is 4.31. The number of pyridine rings is 1.